The van der Waals surface area contributed by atoms with Crippen molar-refractivity contribution in [2.45, 2.75) is 58.0 Å². The average Bonchev–Trinajstić information content (AvgIpc) is 2.15. The van der Waals surface area contributed by atoms with E-state index in [1.807, 2.05) is 6.92 Å². The molecule has 1 N–H and O–H groups in total. The van der Waals surface area contributed by atoms with Gasteiger partial charge in [-0.2, -0.15) is 13.2 Å². The van der Waals surface area contributed by atoms with E-state index in [9.17, 15) is 23.1 Å². The molecule has 0 heterocycles. The molecule has 0 bridgehead atoms. The minimum Gasteiger partial charge on any atom is -0.481 e. The predicted molar refractivity (Wildman–Crippen MR) is 57.6 cm³/mol. The summed E-state index contributed by atoms with van der Waals surface area (Å²) in [6.07, 6.45) is -2.18. The van der Waals surface area contributed by atoms with E-state index >= 15 is 0 Å². The van der Waals surface area contributed by atoms with Crippen molar-refractivity contribution in [2.75, 3.05) is 0 Å². The van der Waals surface area contributed by atoms with Crippen LogP contribution in [0.1, 0.15) is 51.9 Å². The van der Waals surface area contributed by atoms with Gasteiger partial charge in [0.25, 0.3) is 0 Å². The van der Waals surface area contributed by atoms with Crippen molar-refractivity contribution in [3.8, 4) is 0 Å². The molecule has 1 saturated carbocycles. The first-order chi connectivity index (χ1) is 7.75. The molecule has 2 nitrogen and oxygen atoms in total. The lowest BCUT2D eigenvalue weighted by Crippen LogP contribution is -2.36. The van der Waals surface area contributed by atoms with Crippen LogP contribution >= 0.6 is 0 Å². The van der Waals surface area contributed by atoms with E-state index < -0.39 is 24.0 Å². The van der Waals surface area contributed by atoms with Crippen LogP contribution in [0, 0.1) is 11.3 Å². The molecule has 0 aromatic rings. The lowest BCUT2D eigenvalue weighted by molar-refractivity contribution is -0.156. The van der Waals surface area contributed by atoms with Crippen molar-refractivity contribution in [3.05, 3.63) is 0 Å². The smallest absolute Gasteiger partial charge is 0.389 e. The molecule has 1 aliphatic rings. The van der Waals surface area contributed by atoms with Gasteiger partial charge in [-0.15, -0.1) is 0 Å². The zero-order chi connectivity index (χ0) is 13.1. The van der Waals surface area contributed by atoms with Crippen molar-refractivity contribution >= 4 is 5.97 Å². The van der Waals surface area contributed by atoms with Gasteiger partial charge >= 0.3 is 12.1 Å². The van der Waals surface area contributed by atoms with E-state index in [0.29, 0.717) is 18.8 Å². The molecule has 0 radical (unpaired) electrons. The maximum absolute atomic E-state index is 12.1. The summed E-state index contributed by atoms with van der Waals surface area (Å²) < 4.78 is 36.2. The molecule has 1 fully saturated rings. The molecule has 2 unspecified atom stereocenters. The van der Waals surface area contributed by atoms with Crippen LogP contribution in [0.15, 0.2) is 0 Å². The maximum atomic E-state index is 12.1. The first-order valence-corrected chi connectivity index (χ1v) is 6.05. The normalized spacial score (nSPS) is 30.2. The first kappa shape index (κ1) is 14.3. The number of halogens is 3. The van der Waals surface area contributed by atoms with Gasteiger partial charge in [-0.05, 0) is 31.6 Å². The summed E-state index contributed by atoms with van der Waals surface area (Å²) in [7, 11) is 0. The van der Waals surface area contributed by atoms with Crippen LogP contribution in [0.25, 0.3) is 0 Å². The summed E-state index contributed by atoms with van der Waals surface area (Å²) in [5, 5.41) is 9.25. The molecule has 0 amide bonds. The predicted octanol–water partition coefficient (Wildman–Crippen LogP) is 4.00. The standard InChI is InChI=1S/C12H19F3O2/c1-9-4-2-5-11(8-9,10(16)17)6-3-7-12(13,14)15/h9H,2-8H2,1H3,(H,16,17). The Morgan fingerprint density at radius 3 is 2.59 bits per heavy atom. The number of hydrogen-bond acceptors (Lipinski definition) is 1. The quantitative estimate of drug-likeness (QED) is 0.821. The van der Waals surface area contributed by atoms with Gasteiger partial charge in [-0.3, -0.25) is 4.79 Å². The second kappa shape index (κ2) is 5.27. The summed E-state index contributed by atoms with van der Waals surface area (Å²) in [6, 6.07) is 0. The number of rotatable bonds is 4. The Hall–Kier alpha value is -0.740. The molecule has 0 aromatic heterocycles. The van der Waals surface area contributed by atoms with Crippen LogP contribution in [0.2, 0.25) is 0 Å². The van der Waals surface area contributed by atoms with E-state index in [-0.39, 0.29) is 12.8 Å². The highest BCUT2D eigenvalue weighted by Gasteiger charge is 2.42. The summed E-state index contributed by atoms with van der Waals surface area (Å²) in [5.74, 6) is -0.628. The van der Waals surface area contributed by atoms with Crippen LogP contribution in [0.3, 0.4) is 0 Å². The first-order valence-electron chi connectivity index (χ1n) is 6.05. The Balaban J connectivity index is 2.57. The van der Waals surface area contributed by atoms with Crippen LogP contribution < -0.4 is 0 Å². The summed E-state index contributed by atoms with van der Waals surface area (Å²) in [6.45, 7) is 1.97. The van der Waals surface area contributed by atoms with Crippen molar-refractivity contribution < 1.29 is 23.1 Å². The topological polar surface area (TPSA) is 37.3 Å². The number of alkyl halides is 3. The lowest BCUT2D eigenvalue weighted by Gasteiger charge is -2.36. The fourth-order valence-electron chi connectivity index (χ4n) is 2.82. The second-order valence-corrected chi connectivity index (χ2v) is 5.26. The van der Waals surface area contributed by atoms with Gasteiger partial charge in [0.1, 0.15) is 0 Å². The van der Waals surface area contributed by atoms with Crippen molar-refractivity contribution in [1.82, 2.24) is 0 Å². The third-order valence-electron chi connectivity index (χ3n) is 3.66. The Morgan fingerprint density at radius 2 is 2.12 bits per heavy atom. The maximum Gasteiger partial charge on any atom is 0.389 e. The number of hydrogen-bond donors (Lipinski definition) is 1. The minimum absolute atomic E-state index is 0.0808. The molecule has 100 valence electrons. The lowest BCUT2D eigenvalue weighted by atomic mass is 9.67. The number of carboxylic acids is 1. The Bertz CT molecular complexity index is 275. The Labute approximate surface area is 99.2 Å². The van der Waals surface area contributed by atoms with E-state index in [4.69, 9.17) is 0 Å². The zero-order valence-corrected chi connectivity index (χ0v) is 10.0. The molecule has 2 atom stereocenters. The monoisotopic (exact) mass is 252 g/mol. The number of carbonyl (C=O) groups is 1. The molecule has 1 rings (SSSR count). The molecule has 5 heteroatoms. The van der Waals surface area contributed by atoms with Gasteiger partial charge in [-0.25, -0.2) is 0 Å². The molecule has 0 saturated heterocycles. The fraction of sp³-hybridized carbons (Fsp3) is 0.917. The molecule has 17 heavy (non-hydrogen) atoms. The Morgan fingerprint density at radius 1 is 1.47 bits per heavy atom. The van der Waals surface area contributed by atoms with Crippen LogP contribution in [0.5, 0.6) is 0 Å². The van der Waals surface area contributed by atoms with Crippen molar-refractivity contribution in [3.63, 3.8) is 0 Å². The average molecular weight is 252 g/mol. The molecule has 0 spiro atoms. The van der Waals surface area contributed by atoms with Crippen molar-refractivity contribution in [1.29, 1.82) is 0 Å². The van der Waals surface area contributed by atoms with Gasteiger partial charge < -0.3 is 5.11 Å². The van der Waals surface area contributed by atoms with Crippen LogP contribution in [-0.2, 0) is 4.79 Å². The van der Waals surface area contributed by atoms with Crippen LogP contribution in [0.4, 0.5) is 13.2 Å². The highest BCUT2D eigenvalue weighted by molar-refractivity contribution is 5.74. The third kappa shape index (κ3) is 4.21. The van der Waals surface area contributed by atoms with Crippen molar-refractivity contribution in [2.24, 2.45) is 11.3 Å². The molecular formula is C12H19F3O2. The number of carboxylic acid groups (broad SMARTS) is 1. The van der Waals surface area contributed by atoms with E-state index in [1.54, 1.807) is 0 Å². The highest BCUT2D eigenvalue weighted by atomic mass is 19.4. The molecule has 0 aliphatic heterocycles. The van der Waals surface area contributed by atoms with Crippen LogP contribution in [-0.4, -0.2) is 17.3 Å². The van der Waals surface area contributed by atoms with Gasteiger partial charge in [-0.1, -0.05) is 19.8 Å². The van der Waals surface area contributed by atoms with Gasteiger partial charge in [0.15, 0.2) is 0 Å². The van der Waals surface area contributed by atoms with E-state index in [1.165, 1.54) is 0 Å². The molecule has 0 aromatic carbocycles. The minimum atomic E-state index is -4.18. The fourth-order valence-corrected chi connectivity index (χ4v) is 2.82. The third-order valence-corrected chi connectivity index (χ3v) is 3.66. The number of aliphatic carboxylic acids is 1. The van der Waals surface area contributed by atoms with E-state index in [0.717, 1.165) is 12.8 Å². The van der Waals surface area contributed by atoms with Gasteiger partial charge in [0.05, 0.1) is 5.41 Å². The second-order valence-electron chi connectivity index (χ2n) is 5.26. The SMILES string of the molecule is CC1CCCC(CCCC(F)(F)F)(C(=O)O)C1. The molecular weight excluding hydrogens is 233 g/mol. The summed E-state index contributed by atoms with van der Waals surface area (Å²) >= 11 is 0. The van der Waals surface area contributed by atoms with E-state index in [2.05, 4.69) is 0 Å². The molecule has 1 aliphatic carbocycles. The van der Waals surface area contributed by atoms with Gasteiger partial charge in [0.2, 0.25) is 0 Å². The summed E-state index contributed by atoms with van der Waals surface area (Å²) in [4.78, 5) is 11.3. The Kier molecular flexibility index (Phi) is 4.44. The summed E-state index contributed by atoms with van der Waals surface area (Å²) in [5.41, 5.74) is -0.914. The largest absolute Gasteiger partial charge is 0.481 e. The zero-order valence-electron chi connectivity index (χ0n) is 10.0. The van der Waals surface area contributed by atoms with Gasteiger partial charge in [0, 0.05) is 6.42 Å². The highest BCUT2D eigenvalue weighted by Crippen LogP contribution is 2.44.